The van der Waals surface area contributed by atoms with Gasteiger partial charge in [0.1, 0.15) is 0 Å². The van der Waals surface area contributed by atoms with Crippen LogP contribution in [0, 0.1) is 17.8 Å². The Bertz CT molecular complexity index is 353. The number of aliphatic hydroxyl groups excluding tert-OH is 2. The van der Waals surface area contributed by atoms with Crippen molar-refractivity contribution in [3.63, 3.8) is 0 Å². The number of ether oxygens (including phenoxy) is 2. The van der Waals surface area contributed by atoms with Crippen LogP contribution in [-0.2, 0) is 9.47 Å². The molecule has 0 aromatic heterocycles. The van der Waals surface area contributed by atoms with E-state index in [1.54, 1.807) is 0 Å². The molecule has 1 aliphatic heterocycles. The molecular weight excluding hydrogens is 280 g/mol. The van der Waals surface area contributed by atoms with Gasteiger partial charge in [-0.3, -0.25) is 0 Å². The first-order valence-electron chi connectivity index (χ1n) is 9.30. The maximum Gasteiger partial charge on any atom is 0.172 e. The highest BCUT2D eigenvalue weighted by atomic mass is 16.7. The third-order valence-corrected chi connectivity index (χ3v) is 6.12. The summed E-state index contributed by atoms with van der Waals surface area (Å²) < 4.78 is 11.6. The Morgan fingerprint density at radius 2 is 1.91 bits per heavy atom. The number of rotatable bonds is 8. The highest BCUT2D eigenvalue weighted by molar-refractivity contribution is 5.08. The molecule has 4 nitrogen and oxygen atoms in total. The Morgan fingerprint density at radius 1 is 1.14 bits per heavy atom. The van der Waals surface area contributed by atoms with Crippen LogP contribution in [0.4, 0.5) is 0 Å². The second kappa shape index (κ2) is 7.16. The lowest BCUT2D eigenvalue weighted by Crippen LogP contribution is -2.54. The lowest BCUT2D eigenvalue weighted by Gasteiger charge is -2.48. The molecule has 0 aromatic carbocycles. The molecule has 2 aliphatic carbocycles. The molecule has 5 atom stereocenters. The van der Waals surface area contributed by atoms with Gasteiger partial charge in [0.15, 0.2) is 5.79 Å². The summed E-state index contributed by atoms with van der Waals surface area (Å²) in [5.41, 5.74) is 0. The van der Waals surface area contributed by atoms with E-state index in [4.69, 9.17) is 9.47 Å². The molecule has 0 bridgehead atoms. The quantitative estimate of drug-likeness (QED) is 0.677. The third kappa shape index (κ3) is 3.21. The molecule has 4 heteroatoms. The number of aliphatic hydroxyl groups is 2. The van der Waals surface area contributed by atoms with Gasteiger partial charge in [-0.2, -0.15) is 0 Å². The SMILES string of the molecule is CCCCCCC(O)CCC1CC2C(CC23OCCO3)C1O. The summed E-state index contributed by atoms with van der Waals surface area (Å²) >= 11 is 0. The monoisotopic (exact) mass is 312 g/mol. The summed E-state index contributed by atoms with van der Waals surface area (Å²) in [6, 6.07) is 0. The van der Waals surface area contributed by atoms with Crippen LogP contribution in [0.25, 0.3) is 0 Å². The van der Waals surface area contributed by atoms with Crippen molar-refractivity contribution in [1.82, 2.24) is 0 Å². The summed E-state index contributed by atoms with van der Waals surface area (Å²) in [6.45, 7) is 3.59. The van der Waals surface area contributed by atoms with Crippen molar-refractivity contribution < 1.29 is 19.7 Å². The van der Waals surface area contributed by atoms with Crippen LogP contribution in [0.5, 0.6) is 0 Å². The van der Waals surface area contributed by atoms with Crippen LogP contribution in [0.3, 0.4) is 0 Å². The van der Waals surface area contributed by atoms with E-state index in [9.17, 15) is 10.2 Å². The maximum atomic E-state index is 10.5. The summed E-state index contributed by atoms with van der Waals surface area (Å²) in [5, 5.41) is 20.6. The normalized spacial score (nSPS) is 37.2. The van der Waals surface area contributed by atoms with Gasteiger partial charge in [-0.1, -0.05) is 32.6 Å². The maximum absolute atomic E-state index is 10.5. The van der Waals surface area contributed by atoms with E-state index in [0.29, 0.717) is 31.0 Å². The fraction of sp³-hybridized carbons (Fsp3) is 1.00. The van der Waals surface area contributed by atoms with Crippen LogP contribution in [0.1, 0.15) is 64.7 Å². The summed E-state index contributed by atoms with van der Waals surface area (Å²) in [5.74, 6) is 0.674. The van der Waals surface area contributed by atoms with Crippen LogP contribution >= 0.6 is 0 Å². The Balaban J connectivity index is 1.38. The molecule has 3 rings (SSSR count). The summed E-state index contributed by atoms with van der Waals surface area (Å²) in [7, 11) is 0. The Labute approximate surface area is 134 Å². The standard InChI is InChI=1S/C18H32O4/c1-2-3-4-5-6-14(19)8-7-13-11-16-15(17(13)20)12-18(16)21-9-10-22-18/h13-17,19-20H,2-12H2,1H3. The van der Waals surface area contributed by atoms with E-state index < -0.39 is 0 Å². The van der Waals surface area contributed by atoms with Gasteiger partial charge < -0.3 is 19.7 Å². The zero-order chi connectivity index (χ0) is 15.6. The second-order valence-corrected chi connectivity index (χ2v) is 7.55. The topological polar surface area (TPSA) is 58.9 Å². The number of hydrogen-bond donors (Lipinski definition) is 2. The molecule has 1 saturated heterocycles. The number of fused-ring (bicyclic) bond motifs is 2. The van der Waals surface area contributed by atoms with E-state index in [2.05, 4.69) is 6.92 Å². The minimum Gasteiger partial charge on any atom is -0.393 e. The molecule has 22 heavy (non-hydrogen) atoms. The fourth-order valence-electron chi connectivity index (χ4n) is 4.76. The van der Waals surface area contributed by atoms with Gasteiger partial charge >= 0.3 is 0 Å². The predicted octanol–water partition coefficient (Wildman–Crippen LogP) is 2.86. The van der Waals surface area contributed by atoms with Crippen molar-refractivity contribution >= 4 is 0 Å². The molecule has 1 heterocycles. The zero-order valence-electron chi connectivity index (χ0n) is 13.9. The molecule has 3 aliphatic rings. The molecule has 2 saturated carbocycles. The zero-order valence-corrected chi connectivity index (χ0v) is 13.9. The van der Waals surface area contributed by atoms with Gasteiger partial charge in [0.2, 0.25) is 0 Å². The Hall–Kier alpha value is -0.160. The van der Waals surface area contributed by atoms with Gasteiger partial charge in [-0.15, -0.1) is 0 Å². The first-order valence-corrected chi connectivity index (χ1v) is 9.30. The largest absolute Gasteiger partial charge is 0.393 e. The van der Waals surface area contributed by atoms with Crippen LogP contribution < -0.4 is 0 Å². The van der Waals surface area contributed by atoms with E-state index in [0.717, 1.165) is 38.5 Å². The molecule has 2 N–H and O–H groups in total. The molecule has 0 aromatic rings. The first kappa shape index (κ1) is 16.7. The van der Waals surface area contributed by atoms with Crippen molar-refractivity contribution in [1.29, 1.82) is 0 Å². The molecule has 3 fully saturated rings. The molecule has 128 valence electrons. The lowest BCUT2D eigenvalue weighted by molar-refractivity contribution is -0.275. The van der Waals surface area contributed by atoms with Gasteiger partial charge in [-0.25, -0.2) is 0 Å². The van der Waals surface area contributed by atoms with E-state index >= 15 is 0 Å². The van der Waals surface area contributed by atoms with Gasteiger partial charge in [0.05, 0.1) is 25.4 Å². The van der Waals surface area contributed by atoms with E-state index in [-0.39, 0.29) is 18.0 Å². The minimum atomic E-state index is -0.362. The first-order chi connectivity index (χ1) is 10.7. The number of hydrogen-bond acceptors (Lipinski definition) is 4. The minimum absolute atomic E-state index is 0.199. The number of unbranched alkanes of at least 4 members (excludes halogenated alkanes) is 3. The lowest BCUT2D eigenvalue weighted by atomic mass is 9.69. The smallest absolute Gasteiger partial charge is 0.172 e. The van der Waals surface area contributed by atoms with Crippen molar-refractivity contribution in [3.8, 4) is 0 Å². The Morgan fingerprint density at radius 3 is 2.64 bits per heavy atom. The second-order valence-electron chi connectivity index (χ2n) is 7.55. The average Bonchev–Trinajstić information content (AvgIpc) is 3.08. The highest BCUT2D eigenvalue weighted by Gasteiger charge is 2.64. The molecular formula is C18H32O4. The van der Waals surface area contributed by atoms with Crippen LogP contribution in [0.2, 0.25) is 0 Å². The van der Waals surface area contributed by atoms with Gasteiger partial charge in [0.25, 0.3) is 0 Å². The predicted molar refractivity (Wildman–Crippen MR) is 84.3 cm³/mol. The molecule has 0 amide bonds. The van der Waals surface area contributed by atoms with E-state index in [1.807, 2.05) is 0 Å². The summed E-state index contributed by atoms with van der Waals surface area (Å²) in [4.78, 5) is 0. The van der Waals surface area contributed by atoms with Crippen molar-refractivity contribution in [2.24, 2.45) is 17.8 Å². The van der Waals surface area contributed by atoms with Crippen LogP contribution in [0.15, 0.2) is 0 Å². The summed E-state index contributed by atoms with van der Waals surface area (Å²) in [6.07, 6.45) is 8.93. The van der Waals surface area contributed by atoms with Gasteiger partial charge in [-0.05, 0) is 37.5 Å². The Kier molecular flexibility index (Phi) is 5.43. The van der Waals surface area contributed by atoms with Gasteiger partial charge in [0, 0.05) is 12.3 Å². The van der Waals surface area contributed by atoms with Crippen molar-refractivity contribution in [3.05, 3.63) is 0 Å². The third-order valence-electron chi connectivity index (χ3n) is 6.12. The van der Waals surface area contributed by atoms with Crippen molar-refractivity contribution in [2.45, 2.75) is 82.7 Å². The fourth-order valence-corrected chi connectivity index (χ4v) is 4.76. The molecule has 5 unspecified atom stereocenters. The highest BCUT2D eigenvalue weighted by Crippen LogP contribution is 2.59. The molecule has 0 radical (unpaired) electrons. The average molecular weight is 312 g/mol. The van der Waals surface area contributed by atoms with E-state index in [1.165, 1.54) is 19.3 Å². The molecule has 1 spiro atoms. The van der Waals surface area contributed by atoms with Crippen molar-refractivity contribution in [2.75, 3.05) is 13.2 Å². The van der Waals surface area contributed by atoms with Crippen LogP contribution in [-0.4, -0.2) is 41.4 Å².